The minimum atomic E-state index is -1.31. The van der Waals surface area contributed by atoms with E-state index in [4.69, 9.17) is 0 Å². The number of Topliss-reactive ketones (excluding diaryl/α,β-unsaturated/α-hetero) is 1. The lowest BCUT2D eigenvalue weighted by atomic mass is 9.41. The monoisotopic (exact) mass is 474 g/mol. The van der Waals surface area contributed by atoms with Crippen LogP contribution in [0.5, 0.6) is 0 Å². The van der Waals surface area contributed by atoms with Crippen LogP contribution in [0.4, 0.5) is 0 Å². The Hall–Kier alpha value is -0.710. The van der Waals surface area contributed by atoms with E-state index in [1.807, 2.05) is 0 Å². The van der Waals surface area contributed by atoms with Gasteiger partial charge in [-0.3, -0.25) is 4.79 Å². The molecule has 0 spiro atoms. The topological polar surface area (TPSA) is 77.8 Å². The molecule has 0 saturated heterocycles. The van der Waals surface area contributed by atoms with Gasteiger partial charge in [0.15, 0.2) is 0 Å². The van der Waals surface area contributed by atoms with Crippen molar-refractivity contribution in [2.45, 2.75) is 125 Å². The molecule has 4 rings (SSSR count). The predicted molar refractivity (Wildman–Crippen MR) is 136 cm³/mol. The molecule has 34 heavy (non-hydrogen) atoms. The van der Waals surface area contributed by atoms with Crippen molar-refractivity contribution in [3.63, 3.8) is 0 Å². The summed E-state index contributed by atoms with van der Waals surface area (Å²) in [6.45, 7) is 17.2. The number of rotatable bonds is 5. The summed E-state index contributed by atoms with van der Waals surface area (Å²) in [5, 5.41) is 31.3. The van der Waals surface area contributed by atoms with Crippen molar-refractivity contribution in [2.75, 3.05) is 0 Å². The van der Waals surface area contributed by atoms with Crippen molar-refractivity contribution in [2.24, 2.45) is 45.3 Å². The summed E-state index contributed by atoms with van der Waals surface area (Å²) in [6.07, 6.45) is 8.46. The molecule has 0 radical (unpaired) electrons. The highest BCUT2D eigenvalue weighted by Crippen LogP contribution is 2.73. The smallest absolute Gasteiger partial charge is 0.138 e. The molecule has 194 valence electrons. The molecule has 0 heterocycles. The first-order valence-corrected chi connectivity index (χ1v) is 13.8. The van der Waals surface area contributed by atoms with E-state index >= 15 is 0 Å². The average molecular weight is 475 g/mol. The van der Waals surface area contributed by atoms with Crippen LogP contribution in [-0.4, -0.2) is 38.9 Å². The summed E-state index contributed by atoms with van der Waals surface area (Å²) in [5.41, 5.74) is 0.630. The van der Waals surface area contributed by atoms with E-state index in [0.717, 1.165) is 25.7 Å². The maximum Gasteiger partial charge on any atom is 0.138 e. The third kappa shape index (κ3) is 3.60. The Morgan fingerprint density at radius 3 is 2.32 bits per heavy atom. The van der Waals surface area contributed by atoms with Crippen molar-refractivity contribution in [3.05, 3.63) is 11.6 Å². The Bertz CT molecular complexity index is 852. The third-order valence-corrected chi connectivity index (χ3v) is 12.0. The summed E-state index contributed by atoms with van der Waals surface area (Å²) in [4.78, 5) is 12.8. The van der Waals surface area contributed by atoms with E-state index in [2.05, 4.69) is 47.6 Å². The van der Waals surface area contributed by atoms with Gasteiger partial charge in [-0.1, -0.05) is 53.2 Å². The standard InChI is InChI=1S/C30H50O4/c1-18(17-22(31)25(33)27(4,5)34)19-11-15-30(8)21-9-10-23-26(2,3)24(32)13-14-28(23,6)20(21)12-16-29(19,30)7/h9,18-20,22-23,25,31,33-34H,10-17H2,1-8H3/t18-,19?,20?,22+,23?,25-,28+,29-,30+/m0/s1. The fraction of sp³-hybridized carbons (Fsp3) is 0.900. The number of aliphatic hydroxyl groups is 3. The Morgan fingerprint density at radius 1 is 1.06 bits per heavy atom. The number of ketones is 1. The Kier molecular flexibility index (Phi) is 6.32. The van der Waals surface area contributed by atoms with E-state index < -0.39 is 17.8 Å². The molecule has 3 N–H and O–H groups in total. The van der Waals surface area contributed by atoms with Gasteiger partial charge in [0, 0.05) is 11.8 Å². The van der Waals surface area contributed by atoms with Crippen LogP contribution in [0, 0.1) is 45.3 Å². The maximum atomic E-state index is 12.8. The lowest BCUT2D eigenvalue weighted by Gasteiger charge is -2.63. The molecule has 3 saturated carbocycles. The molecule has 0 aromatic carbocycles. The van der Waals surface area contributed by atoms with Crippen LogP contribution in [0.25, 0.3) is 0 Å². The van der Waals surface area contributed by atoms with Crippen molar-refractivity contribution in [3.8, 4) is 0 Å². The van der Waals surface area contributed by atoms with E-state index in [1.54, 1.807) is 19.4 Å². The molecule has 0 amide bonds. The van der Waals surface area contributed by atoms with Crippen molar-refractivity contribution >= 4 is 5.78 Å². The zero-order chi connectivity index (χ0) is 25.5. The lowest BCUT2D eigenvalue weighted by molar-refractivity contribution is -0.146. The van der Waals surface area contributed by atoms with Gasteiger partial charge in [0.25, 0.3) is 0 Å². The van der Waals surface area contributed by atoms with Crippen LogP contribution >= 0.6 is 0 Å². The van der Waals surface area contributed by atoms with Gasteiger partial charge in [0.05, 0.1) is 11.7 Å². The SMILES string of the molecule is C[C@@H](C[C@@H](O)[C@H](O)C(C)(C)O)C1CC[C@]2(C)C3=CCC4C(C)(C)C(=O)CC[C@]4(C)C3CC[C@@]12C. The highest BCUT2D eigenvalue weighted by Gasteiger charge is 2.65. The molecular formula is C30H50O4. The van der Waals surface area contributed by atoms with Gasteiger partial charge < -0.3 is 15.3 Å². The quantitative estimate of drug-likeness (QED) is 0.448. The van der Waals surface area contributed by atoms with Gasteiger partial charge in [-0.25, -0.2) is 0 Å². The van der Waals surface area contributed by atoms with Gasteiger partial charge in [-0.15, -0.1) is 0 Å². The van der Waals surface area contributed by atoms with Crippen molar-refractivity contribution in [1.82, 2.24) is 0 Å². The van der Waals surface area contributed by atoms with Gasteiger partial charge in [0.1, 0.15) is 11.9 Å². The number of aliphatic hydroxyl groups excluding tert-OH is 2. The zero-order valence-electron chi connectivity index (χ0n) is 22.9. The number of fused-ring (bicyclic) bond motifs is 5. The first kappa shape index (κ1) is 26.4. The molecule has 4 aliphatic carbocycles. The highest BCUT2D eigenvalue weighted by molar-refractivity contribution is 5.85. The Labute approximate surface area is 207 Å². The number of allylic oxidation sites excluding steroid dienone is 2. The van der Waals surface area contributed by atoms with Crippen LogP contribution < -0.4 is 0 Å². The van der Waals surface area contributed by atoms with Crippen LogP contribution in [0.15, 0.2) is 11.6 Å². The summed E-state index contributed by atoms with van der Waals surface area (Å²) >= 11 is 0. The molecule has 4 heteroatoms. The lowest BCUT2D eigenvalue weighted by Crippen LogP contribution is -2.57. The van der Waals surface area contributed by atoms with Crippen molar-refractivity contribution in [1.29, 1.82) is 0 Å². The fourth-order valence-corrected chi connectivity index (χ4v) is 9.61. The molecule has 4 aliphatic rings. The first-order chi connectivity index (χ1) is 15.5. The summed E-state index contributed by atoms with van der Waals surface area (Å²) in [7, 11) is 0. The molecule has 0 bridgehead atoms. The van der Waals surface area contributed by atoms with Gasteiger partial charge >= 0.3 is 0 Å². The number of hydrogen-bond acceptors (Lipinski definition) is 4. The fourth-order valence-electron chi connectivity index (χ4n) is 9.61. The van der Waals surface area contributed by atoms with E-state index in [1.165, 1.54) is 19.3 Å². The predicted octanol–water partition coefficient (Wildman–Crippen LogP) is 5.68. The first-order valence-electron chi connectivity index (χ1n) is 13.8. The molecular weight excluding hydrogens is 424 g/mol. The second kappa shape index (κ2) is 8.15. The molecule has 0 aliphatic heterocycles. The van der Waals surface area contributed by atoms with E-state index in [9.17, 15) is 20.1 Å². The molecule has 9 atom stereocenters. The second-order valence-corrected chi connectivity index (χ2v) is 14.5. The minimum absolute atomic E-state index is 0.147. The van der Waals surface area contributed by atoms with E-state index in [0.29, 0.717) is 30.0 Å². The molecule has 3 fully saturated rings. The van der Waals surface area contributed by atoms with Gasteiger partial charge in [-0.05, 0) is 98.7 Å². The number of carbonyl (C=O) groups is 1. The Balaban J connectivity index is 1.60. The number of carbonyl (C=O) groups excluding carboxylic acids is 1. The third-order valence-electron chi connectivity index (χ3n) is 12.0. The normalized spacial score (nSPS) is 44.4. The minimum Gasteiger partial charge on any atom is -0.390 e. The molecule has 4 nitrogen and oxygen atoms in total. The number of hydrogen-bond donors (Lipinski definition) is 3. The van der Waals surface area contributed by atoms with E-state index in [-0.39, 0.29) is 27.6 Å². The molecule has 3 unspecified atom stereocenters. The molecule has 0 aromatic heterocycles. The maximum absolute atomic E-state index is 12.8. The highest BCUT2D eigenvalue weighted by atomic mass is 16.4. The molecule has 0 aromatic rings. The largest absolute Gasteiger partial charge is 0.390 e. The van der Waals surface area contributed by atoms with Crippen LogP contribution in [0.3, 0.4) is 0 Å². The van der Waals surface area contributed by atoms with Crippen LogP contribution in [-0.2, 0) is 4.79 Å². The van der Waals surface area contributed by atoms with Crippen molar-refractivity contribution < 1.29 is 20.1 Å². The van der Waals surface area contributed by atoms with Gasteiger partial charge in [0.2, 0.25) is 0 Å². The Morgan fingerprint density at radius 2 is 1.71 bits per heavy atom. The summed E-state index contributed by atoms with van der Waals surface area (Å²) in [5.74, 6) is 2.19. The summed E-state index contributed by atoms with van der Waals surface area (Å²) in [6, 6.07) is 0. The zero-order valence-corrected chi connectivity index (χ0v) is 22.9. The average Bonchev–Trinajstić information content (AvgIpc) is 3.01. The van der Waals surface area contributed by atoms with Gasteiger partial charge in [-0.2, -0.15) is 0 Å². The second-order valence-electron chi connectivity index (χ2n) is 14.5. The van der Waals surface area contributed by atoms with Crippen LogP contribution in [0.1, 0.15) is 107 Å². The summed E-state index contributed by atoms with van der Waals surface area (Å²) < 4.78 is 0. The van der Waals surface area contributed by atoms with Crippen LogP contribution in [0.2, 0.25) is 0 Å².